The first-order valence-corrected chi connectivity index (χ1v) is 11.3. The Morgan fingerprint density at radius 3 is 2.70 bits per heavy atom. The van der Waals surface area contributed by atoms with Crippen LogP contribution in [0.4, 0.5) is 5.13 Å². The molecule has 3 aromatic rings. The highest BCUT2D eigenvalue weighted by molar-refractivity contribution is 7.89. The molecule has 11 heteroatoms. The van der Waals surface area contributed by atoms with Crippen molar-refractivity contribution in [1.82, 2.24) is 9.29 Å². The molecule has 0 unspecified atom stereocenters. The number of hydrogen-bond donors (Lipinski definition) is 1. The van der Waals surface area contributed by atoms with Crippen molar-refractivity contribution in [1.29, 1.82) is 0 Å². The third kappa shape index (κ3) is 3.86. The van der Waals surface area contributed by atoms with Crippen LogP contribution in [0, 0.1) is 0 Å². The Balaban J connectivity index is 1.57. The number of rotatable bonds is 5. The topological polar surface area (TPSA) is 97.8 Å². The van der Waals surface area contributed by atoms with Crippen LogP contribution in [-0.2, 0) is 10.0 Å². The van der Waals surface area contributed by atoms with Gasteiger partial charge >= 0.3 is 0 Å². The Morgan fingerprint density at radius 1 is 1.17 bits per heavy atom. The monoisotopic (exact) mass is 465 g/mol. The van der Waals surface area contributed by atoms with Crippen LogP contribution in [0.5, 0.6) is 11.5 Å². The fourth-order valence-corrected chi connectivity index (χ4v) is 4.58. The van der Waals surface area contributed by atoms with Gasteiger partial charge in [-0.1, -0.05) is 11.6 Å². The number of sulfonamides is 1. The Labute approximate surface area is 182 Å². The highest BCUT2D eigenvalue weighted by atomic mass is 35.5. The summed E-state index contributed by atoms with van der Waals surface area (Å²) in [5, 5.41) is 4.95. The molecule has 4 rings (SSSR count). The van der Waals surface area contributed by atoms with Gasteiger partial charge in [0, 0.05) is 25.0 Å². The number of anilines is 1. The first-order chi connectivity index (χ1) is 14.3. The molecule has 1 aromatic heterocycles. The molecule has 1 N–H and O–H groups in total. The SMILES string of the molecule is CN(C)S(=O)(=O)c1ccc(Cl)c(C(=O)Nc2nc(-c3ccc4c(c3)OCO4)cs2)c1. The van der Waals surface area contributed by atoms with Crippen LogP contribution in [0.2, 0.25) is 5.02 Å². The van der Waals surface area contributed by atoms with E-state index in [-0.39, 0.29) is 22.3 Å². The number of hydrogen-bond acceptors (Lipinski definition) is 7. The zero-order valence-electron chi connectivity index (χ0n) is 15.9. The van der Waals surface area contributed by atoms with Gasteiger partial charge in [-0.25, -0.2) is 17.7 Å². The zero-order valence-corrected chi connectivity index (χ0v) is 18.3. The number of nitrogens with one attached hydrogen (secondary N) is 1. The van der Waals surface area contributed by atoms with Gasteiger partial charge in [-0.3, -0.25) is 10.1 Å². The highest BCUT2D eigenvalue weighted by Gasteiger charge is 2.21. The number of fused-ring (bicyclic) bond motifs is 1. The molecule has 0 saturated carbocycles. The lowest BCUT2D eigenvalue weighted by atomic mass is 10.1. The molecule has 0 fully saturated rings. The van der Waals surface area contributed by atoms with E-state index in [9.17, 15) is 13.2 Å². The maximum absolute atomic E-state index is 12.7. The summed E-state index contributed by atoms with van der Waals surface area (Å²) in [7, 11) is -0.873. The zero-order chi connectivity index (χ0) is 21.5. The van der Waals surface area contributed by atoms with Crippen molar-refractivity contribution in [2.24, 2.45) is 0 Å². The third-order valence-electron chi connectivity index (χ3n) is 4.35. The fraction of sp³-hybridized carbons (Fsp3) is 0.158. The average molecular weight is 466 g/mol. The van der Waals surface area contributed by atoms with Gasteiger partial charge in [-0.15, -0.1) is 11.3 Å². The van der Waals surface area contributed by atoms with E-state index in [1.54, 1.807) is 11.4 Å². The maximum atomic E-state index is 12.7. The number of carbonyl (C=O) groups excluding carboxylic acids is 1. The van der Waals surface area contributed by atoms with Crippen molar-refractivity contribution in [3.05, 3.63) is 52.4 Å². The number of nitrogens with zero attached hydrogens (tertiary/aromatic N) is 2. The van der Waals surface area contributed by atoms with E-state index in [1.165, 1.54) is 43.6 Å². The molecule has 8 nitrogen and oxygen atoms in total. The number of ether oxygens (including phenoxy) is 2. The Morgan fingerprint density at radius 2 is 1.93 bits per heavy atom. The van der Waals surface area contributed by atoms with Crippen molar-refractivity contribution in [2.75, 3.05) is 26.2 Å². The number of benzene rings is 2. The second-order valence-electron chi connectivity index (χ2n) is 6.49. The van der Waals surface area contributed by atoms with Crippen molar-refractivity contribution in [2.45, 2.75) is 4.90 Å². The van der Waals surface area contributed by atoms with Crippen molar-refractivity contribution < 1.29 is 22.7 Å². The van der Waals surface area contributed by atoms with E-state index < -0.39 is 15.9 Å². The molecule has 1 amide bonds. The first-order valence-electron chi connectivity index (χ1n) is 8.64. The molecule has 156 valence electrons. The molecule has 1 aliphatic heterocycles. The average Bonchev–Trinajstić information content (AvgIpc) is 3.36. The smallest absolute Gasteiger partial charge is 0.259 e. The van der Waals surface area contributed by atoms with Gasteiger partial charge < -0.3 is 9.47 Å². The maximum Gasteiger partial charge on any atom is 0.259 e. The Bertz CT molecular complexity index is 1240. The lowest BCUT2D eigenvalue weighted by Crippen LogP contribution is -2.23. The van der Waals surface area contributed by atoms with Crippen molar-refractivity contribution in [3.8, 4) is 22.8 Å². The molecule has 0 aliphatic carbocycles. The molecular formula is C19H16ClN3O5S2. The number of halogens is 1. The molecule has 2 heterocycles. The summed E-state index contributed by atoms with van der Waals surface area (Å²) in [6.45, 7) is 0.181. The minimum absolute atomic E-state index is 0.0257. The van der Waals surface area contributed by atoms with Gasteiger partial charge in [-0.2, -0.15) is 0 Å². The predicted octanol–water partition coefficient (Wildman–Crippen LogP) is 3.69. The number of carbonyl (C=O) groups is 1. The van der Waals surface area contributed by atoms with E-state index in [2.05, 4.69) is 10.3 Å². The second kappa shape index (κ2) is 7.88. The van der Waals surface area contributed by atoms with Crippen LogP contribution in [0.15, 0.2) is 46.7 Å². The minimum Gasteiger partial charge on any atom is -0.454 e. The second-order valence-corrected chi connectivity index (χ2v) is 9.91. The van der Waals surface area contributed by atoms with Gasteiger partial charge in [0.25, 0.3) is 5.91 Å². The summed E-state index contributed by atoms with van der Waals surface area (Å²) < 4.78 is 36.4. The van der Waals surface area contributed by atoms with Crippen LogP contribution in [0.1, 0.15) is 10.4 Å². The summed E-state index contributed by atoms with van der Waals surface area (Å²) in [5.41, 5.74) is 1.51. The molecule has 0 bridgehead atoms. The standard InChI is InChI=1S/C19H16ClN3O5S2/c1-23(2)30(25,26)12-4-5-14(20)13(8-12)18(24)22-19-21-15(9-29-19)11-3-6-16-17(7-11)28-10-27-16/h3-9H,10H2,1-2H3,(H,21,22,24). The van der Waals surface area contributed by atoms with Crippen LogP contribution in [0.25, 0.3) is 11.3 Å². The summed E-state index contributed by atoms with van der Waals surface area (Å²) in [6, 6.07) is 9.45. The molecule has 0 atom stereocenters. The van der Waals surface area contributed by atoms with E-state index >= 15 is 0 Å². The van der Waals surface area contributed by atoms with Crippen molar-refractivity contribution >= 4 is 44.0 Å². The molecule has 0 radical (unpaired) electrons. The molecule has 0 saturated heterocycles. The lowest BCUT2D eigenvalue weighted by molar-refractivity contribution is 0.102. The summed E-state index contributed by atoms with van der Waals surface area (Å²) in [4.78, 5) is 17.1. The van der Waals surface area contributed by atoms with Gasteiger partial charge in [0.05, 0.1) is 21.2 Å². The van der Waals surface area contributed by atoms with Crippen LogP contribution in [-0.4, -0.2) is 44.5 Å². The number of amides is 1. The summed E-state index contributed by atoms with van der Waals surface area (Å²) >= 11 is 7.37. The van der Waals surface area contributed by atoms with E-state index in [0.29, 0.717) is 22.3 Å². The summed E-state index contributed by atoms with van der Waals surface area (Å²) in [5.74, 6) is 0.754. The quantitative estimate of drug-likeness (QED) is 0.617. The van der Waals surface area contributed by atoms with Gasteiger partial charge in [0.15, 0.2) is 16.6 Å². The van der Waals surface area contributed by atoms with Gasteiger partial charge in [-0.05, 0) is 36.4 Å². The molecule has 30 heavy (non-hydrogen) atoms. The third-order valence-corrected chi connectivity index (χ3v) is 7.25. The van der Waals surface area contributed by atoms with Gasteiger partial charge in [0.1, 0.15) is 0 Å². The highest BCUT2D eigenvalue weighted by Crippen LogP contribution is 2.36. The predicted molar refractivity (Wildman–Crippen MR) is 114 cm³/mol. The van der Waals surface area contributed by atoms with E-state index in [0.717, 1.165) is 9.87 Å². The van der Waals surface area contributed by atoms with Crippen LogP contribution >= 0.6 is 22.9 Å². The lowest BCUT2D eigenvalue weighted by Gasteiger charge is -2.13. The fourth-order valence-electron chi connectivity index (χ4n) is 2.73. The summed E-state index contributed by atoms with van der Waals surface area (Å²) in [6.07, 6.45) is 0. The van der Waals surface area contributed by atoms with E-state index in [1.807, 2.05) is 12.1 Å². The van der Waals surface area contributed by atoms with Gasteiger partial charge in [0.2, 0.25) is 16.8 Å². The Kier molecular flexibility index (Phi) is 5.41. The Hall–Kier alpha value is -2.66. The molecule has 2 aromatic carbocycles. The first kappa shape index (κ1) is 20.6. The number of aromatic nitrogens is 1. The van der Waals surface area contributed by atoms with Crippen LogP contribution < -0.4 is 14.8 Å². The number of thiazole rings is 1. The van der Waals surface area contributed by atoms with Crippen molar-refractivity contribution in [3.63, 3.8) is 0 Å². The normalized spacial score (nSPS) is 12.9. The minimum atomic E-state index is -3.70. The molecular weight excluding hydrogens is 450 g/mol. The molecule has 0 spiro atoms. The van der Waals surface area contributed by atoms with E-state index in [4.69, 9.17) is 21.1 Å². The van der Waals surface area contributed by atoms with Crippen LogP contribution in [0.3, 0.4) is 0 Å². The molecule has 1 aliphatic rings. The largest absolute Gasteiger partial charge is 0.454 e.